The van der Waals surface area contributed by atoms with Crippen LogP contribution in [0.2, 0.25) is 0 Å². The number of isocyanates is 2. The van der Waals surface area contributed by atoms with Crippen LogP contribution in [0.4, 0.5) is 147 Å². The van der Waals surface area contributed by atoms with E-state index in [1.807, 2.05) is 0 Å². The van der Waals surface area contributed by atoms with Crippen LogP contribution in [0.5, 0.6) is 0 Å². The molecule has 0 aliphatic carbocycles. The van der Waals surface area contributed by atoms with Crippen LogP contribution in [0.15, 0.2) is 16.1 Å². The maximum absolute atomic E-state index is 15.5. The Balaban J connectivity index is 4.32. The molecule has 1 aromatic carbocycles. The van der Waals surface area contributed by atoms with E-state index in [9.17, 15) is 138 Å². The normalized spacial score (nSPS) is 15.1. The molecule has 0 unspecified atom stereocenters. The van der Waals surface area contributed by atoms with Crippen molar-refractivity contribution in [2.75, 3.05) is 6.73 Å². The minimum absolute atomic E-state index is 0.322. The molecule has 0 spiro atoms. The third-order valence-electron chi connectivity index (χ3n) is 8.41. The summed E-state index contributed by atoms with van der Waals surface area (Å²) < 4.78 is 440. The maximum atomic E-state index is 15.5. The van der Waals surface area contributed by atoms with E-state index in [2.05, 4.69) is 14.7 Å². The van der Waals surface area contributed by atoms with E-state index in [4.69, 9.17) is 0 Å². The Morgan fingerprint density at radius 2 is 0.776 bits per heavy atom. The average Bonchev–Trinajstić information content (AvgIpc) is 3.14. The van der Waals surface area contributed by atoms with E-state index in [-0.39, 0.29) is 0 Å². The smallest absolute Gasteiger partial charge is 0.445 e. The molecule has 1 amide bonds. The molecule has 0 saturated heterocycles. The summed E-state index contributed by atoms with van der Waals surface area (Å²) in [5.74, 6) is -139. The molecule has 8 nitrogen and oxygen atoms in total. The summed E-state index contributed by atoms with van der Waals surface area (Å²) in [6.07, 6.45) is -7.74. The van der Waals surface area contributed by atoms with Gasteiger partial charge in [0, 0.05) is 18.1 Å². The van der Waals surface area contributed by atoms with Crippen molar-refractivity contribution in [2.24, 2.45) is 9.98 Å². The number of aliphatic imine (C=N–C) groups is 2. The summed E-state index contributed by atoms with van der Waals surface area (Å²) >= 11 is 0. The lowest BCUT2D eigenvalue weighted by Crippen LogP contribution is -2.79. The second-order valence-corrected chi connectivity index (χ2v) is 12.5. The number of esters is 1. The number of nitrogens with zero attached hydrogens (tertiary/aromatic N) is 2. The zero-order chi connectivity index (χ0) is 54.2. The molecule has 0 heterocycles. The topological polar surface area (TPSA) is 114 Å². The van der Waals surface area contributed by atoms with Crippen LogP contribution >= 0.6 is 0 Å². The monoisotopic (exact) mass is 1060 g/mol. The molecular formula is C28H10F31N3O5. The molecule has 1 N–H and O–H groups in total. The number of alkyl halides is 31. The van der Waals surface area contributed by atoms with Crippen molar-refractivity contribution >= 4 is 35.4 Å². The molecule has 0 aromatic heterocycles. The second kappa shape index (κ2) is 16.8. The average molecular weight is 1060 g/mol. The maximum Gasteiger partial charge on any atom is 0.460 e. The molecule has 39 heteroatoms. The van der Waals surface area contributed by atoms with Gasteiger partial charge in [-0.2, -0.15) is 146 Å². The van der Waals surface area contributed by atoms with Gasteiger partial charge in [-0.3, -0.25) is 9.59 Å². The third kappa shape index (κ3) is 7.92. The van der Waals surface area contributed by atoms with Gasteiger partial charge in [0.15, 0.2) is 6.73 Å². The highest BCUT2D eigenvalue weighted by atomic mass is 19.4. The summed E-state index contributed by atoms with van der Waals surface area (Å²) in [6, 6.07) is -1.03. The summed E-state index contributed by atoms with van der Waals surface area (Å²) in [6.45, 7) is -0.844. The van der Waals surface area contributed by atoms with Crippen molar-refractivity contribution in [1.82, 2.24) is 5.32 Å². The molecule has 384 valence electrons. The predicted molar refractivity (Wildman–Crippen MR) is 145 cm³/mol. The molecule has 0 bridgehead atoms. The van der Waals surface area contributed by atoms with Crippen LogP contribution in [-0.4, -0.2) is 114 Å². The van der Waals surface area contributed by atoms with E-state index < -0.39 is 142 Å². The molecule has 0 aliphatic rings. The summed E-state index contributed by atoms with van der Waals surface area (Å²) in [5, 5.41) is 1.09. The Hall–Kier alpha value is -5.25. The quantitative estimate of drug-likeness (QED) is 0.0487. The lowest BCUT2D eigenvalue weighted by molar-refractivity contribution is -0.489. The third-order valence-corrected chi connectivity index (χ3v) is 8.41. The van der Waals surface area contributed by atoms with Gasteiger partial charge >= 0.3 is 95.1 Å². The van der Waals surface area contributed by atoms with Gasteiger partial charge in [0.2, 0.25) is 12.2 Å². The van der Waals surface area contributed by atoms with Gasteiger partial charge in [-0.05, 0) is 13.0 Å². The number of hydrogen-bond donors (Lipinski definition) is 1. The molecule has 0 fully saturated rings. The van der Waals surface area contributed by atoms with Crippen molar-refractivity contribution < 1.29 is 160 Å². The Morgan fingerprint density at radius 1 is 0.493 bits per heavy atom. The van der Waals surface area contributed by atoms with Gasteiger partial charge in [-0.25, -0.2) is 9.59 Å². The van der Waals surface area contributed by atoms with Crippen molar-refractivity contribution in [3.8, 4) is 0 Å². The SMILES string of the molecule is CC(=O)OCNC(=O)c1c(C(F)(F)C(F)(F)C(F)(F)C(F)(F)C(F)(F)C(F)(F)C(F)(F)C(F)(F)C(F)(F)C(F)(F)C(F)(F)C(F)(F)C(F)(F)C(F)(F)C(F)(F)F)cc(N=C=O)c(C)c1N=C=O. The van der Waals surface area contributed by atoms with E-state index >= 15 is 17.6 Å². The number of ether oxygens (including phenoxy) is 1. The van der Waals surface area contributed by atoms with Crippen molar-refractivity contribution in [3.63, 3.8) is 0 Å². The van der Waals surface area contributed by atoms with Gasteiger partial charge < -0.3 is 10.1 Å². The first-order valence-corrected chi connectivity index (χ1v) is 15.2. The van der Waals surface area contributed by atoms with E-state index in [0.29, 0.717) is 26.0 Å². The van der Waals surface area contributed by atoms with Gasteiger partial charge in [0.1, 0.15) is 0 Å². The lowest BCUT2D eigenvalue weighted by Gasteiger charge is -2.46. The van der Waals surface area contributed by atoms with Crippen molar-refractivity contribution in [2.45, 2.75) is 103 Å². The molecule has 0 radical (unpaired) electrons. The first-order chi connectivity index (χ1) is 29.1. The summed E-state index contributed by atoms with van der Waals surface area (Å²) in [4.78, 5) is 50.1. The van der Waals surface area contributed by atoms with Crippen LogP contribution < -0.4 is 5.32 Å². The number of benzene rings is 1. The highest BCUT2D eigenvalue weighted by Crippen LogP contribution is 2.70. The fourth-order valence-corrected chi connectivity index (χ4v) is 4.59. The number of hydrogen-bond acceptors (Lipinski definition) is 7. The fraction of sp³-hybridized carbons (Fsp3) is 0.643. The Kier molecular flexibility index (Phi) is 15.0. The number of rotatable bonds is 19. The summed E-state index contributed by atoms with van der Waals surface area (Å²) in [7, 11) is 0. The van der Waals surface area contributed by atoms with Gasteiger partial charge in [-0.1, -0.05) is 0 Å². The van der Waals surface area contributed by atoms with Gasteiger partial charge in [0.25, 0.3) is 5.91 Å². The van der Waals surface area contributed by atoms with Gasteiger partial charge in [0.05, 0.1) is 16.9 Å². The molecule has 67 heavy (non-hydrogen) atoms. The predicted octanol–water partition coefficient (Wildman–Crippen LogP) is 11.1. The van der Waals surface area contributed by atoms with Crippen molar-refractivity contribution in [1.29, 1.82) is 0 Å². The number of carbonyl (C=O) groups is 2. The molecule has 1 aromatic rings. The number of amides is 1. The van der Waals surface area contributed by atoms with Crippen LogP contribution in [0, 0.1) is 6.92 Å². The number of nitrogens with one attached hydrogen (secondary N) is 1. The molecule has 0 aliphatic heterocycles. The van der Waals surface area contributed by atoms with Crippen LogP contribution in [-0.2, 0) is 25.0 Å². The van der Waals surface area contributed by atoms with Crippen molar-refractivity contribution in [3.05, 3.63) is 22.8 Å². The number of carbonyl (C=O) groups excluding carboxylic acids is 4. The first-order valence-electron chi connectivity index (χ1n) is 15.2. The van der Waals surface area contributed by atoms with E-state index in [1.165, 1.54) is 0 Å². The largest absolute Gasteiger partial charge is 0.460 e. The minimum Gasteiger partial charge on any atom is -0.445 e. The van der Waals surface area contributed by atoms with Crippen LogP contribution in [0.3, 0.4) is 0 Å². The standard InChI is InChI=1S/C28H10F31N3O5/c1-7-10(60-4-63)3-9(11(12(7)61-5-64)13(66)62-6-67-8(2)65)14(29,30)15(31,32)16(33,34)17(35,36)18(37,38)19(39,40)20(41,42)21(43,44)22(45,46)23(47,48)24(49,50)25(51,52)26(53,54)27(55,56)28(57,58)59/h3H,6H2,1-2H3,(H,62,66). The zero-order valence-corrected chi connectivity index (χ0v) is 30.4. The minimum atomic E-state index is -10.3. The highest BCUT2D eigenvalue weighted by Gasteiger charge is 3.01. The molecular weight excluding hydrogens is 1050 g/mol. The fourth-order valence-electron chi connectivity index (χ4n) is 4.59. The lowest BCUT2D eigenvalue weighted by atomic mass is 9.82. The van der Waals surface area contributed by atoms with E-state index in [0.717, 1.165) is 5.32 Å². The Morgan fingerprint density at radius 3 is 1.04 bits per heavy atom. The van der Waals surface area contributed by atoms with Crippen LogP contribution in [0.1, 0.15) is 28.4 Å². The van der Waals surface area contributed by atoms with Gasteiger partial charge in [-0.15, -0.1) is 0 Å². The second-order valence-electron chi connectivity index (χ2n) is 12.5. The zero-order valence-electron chi connectivity index (χ0n) is 30.4. The summed E-state index contributed by atoms with van der Waals surface area (Å²) in [5.41, 5.74) is -11.2. The Labute approximate surface area is 344 Å². The van der Waals surface area contributed by atoms with E-state index in [1.54, 1.807) is 0 Å². The van der Waals surface area contributed by atoms with Crippen LogP contribution in [0.25, 0.3) is 0 Å². The Bertz CT molecular complexity index is 2190. The first kappa shape index (κ1) is 59.8. The molecule has 0 atom stereocenters. The molecule has 1 rings (SSSR count). The molecule has 0 saturated carbocycles. The number of halogens is 31. The highest BCUT2D eigenvalue weighted by molar-refractivity contribution is 6.03.